The fraction of sp³-hybridized carbons (Fsp3) is 0.0714. The SMILES string of the molecule is Cc1cnc(C=O)c(-c2cccc(C=O)c2)c1. The highest BCUT2D eigenvalue weighted by molar-refractivity contribution is 5.87. The number of hydrogen-bond donors (Lipinski definition) is 0. The lowest BCUT2D eigenvalue weighted by molar-refractivity contribution is 0.111. The molecule has 17 heavy (non-hydrogen) atoms. The van der Waals surface area contributed by atoms with Crippen molar-refractivity contribution in [2.45, 2.75) is 6.92 Å². The van der Waals surface area contributed by atoms with Gasteiger partial charge in [0.2, 0.25) is 0 Å². The van der Waals surface area contributed by atoms with Gasteiger partial charge < -0.3 is 0 Å². The topological polar surface area (TPSA) is 47.0 Å². The number of rotatable bonds is 3. The van der Waals surface area contributed by atoms with Crippen molar-refractivity contribution in [2.24, 2.45) is 0 Å². The molecule has 2 aromatic rings. The number of aromatic nitrogens is 1. The number of aryl methyl sites for hydroxylation is 1. The number of carbonyl (C=O) groups excluding carboxylic acids is 2. The summed E-state index contributed by atoms with van der Waals surface area (Å²) >= 11 is 0. The average Bonchev–Trinajstić information content (AvgIpc) is 2.39. The number of hydrogen-bond acceptors (Lipinski definition) is 3. The van der Waals surface area contributed by atoms with E-state index >= 15 is 0 Å². The second-order valence-electron chi connectivity index (χ2n) is 3.81. The lowest BCUT2D eigenvalue weighted by Crippen LogP contribution is -1.94. The molecule has 0 fully saturated rings. The number of aldehydes is 2. The standard InChI is InChI=1S/C14H11NO2/c1-10-5-13(14(9-17)15-7-10)12-4-2-3-11(6-12)8-16/h2-9H,1H3. The Kier molecular flexibility index (Phi) is 3.10. The Labute approximate surface area is 99.1 Å². The second-order valence-corrected chi connectivity index (χ2v) is 3.81. The normalized spacial score (nSPS) is 9.94. The lowest BCUT2D eigenvalue weighted by Gasteiger charge is -2.06. The molecule has 3 nitrogen and oxygen atoms in total. The summed E-state index contributed by atoms with van der Waals surface area (Å²) in [7, 11) is 0. The van der Waals surface area contributed by atoms with E-state index in [1.807, 2.05) is 19.1 Å². The highest BCUT2D eigenvalue weighted by Gasteiger charge is 2.06. The van der Waals surface area contributed by atoms with Gasteiger partial charge >= 0.3 is 0 Å². The first-order valence-corrected chi connectivity index (χ1v) is 5.22. The highest BCUT2D eigenvalue weighted by atomic mass is 16.1. The molecule has 0 bridgehead atoms. The fourth-order valence-corrected chi connectivity index (χ4v) is 1.68. The number of carbonyl (C=O) groups is 2. The van der Waals surface area contributed by atoms with Crippen molar-refractivity contribution in [3.63, 3.8) is 0 Å². The van der Waals surface area contributed by atoms with Gasteiger partial charge in [0.15, 0.2) is 6.29 Å². The van der Waals surface area contributed by atoms with Crippen LogP contribution < -0.4 is 0 Å². The Hall–Kier alpha value is -2.29. The zero-order chi connectivity index (χ0) is 12.3. The molecule has 1 aromatic carbocycles. The second kappa shape index (κ2) is 4.70. The Balaban J connectivity index is 2.61. The van der Waals surface area contributed by atoms with Gasteiger partial charge in [-0.15, -0.1) is 0 Å². The first-order valence-electron chi connectivity index (χ1n) is 5.22. The van der Waals surface area contributed by atoms with Gasteiger partial charge in [-0.2, -0.15) is 0 Å². The summed E-state index contributed by atoms with van der Waals surface area (Å²) in [5.74, 6) is 0. The molecule has 0 saturated heterocycles. The fourth-order valence-electron chi connectivity index (χ4n) is 1.68. The van der Waals surface area contributed by atoms with Crippen LogP contribution in [-0.2, 0) is 0 Å². The van der Waals surface area contributed by atoms with E-state index in [-0.39, 0.29) is 0 Å². The van der Waals surface area contributed by atoms with E-state index in [2.05, 4.69) is 4.98 Å². The van der Waals surface area contributed by atoms with Crippen LogP contribution in [-0.4, -0.2) is 17.6 Å². The third-order valence-corrected chi connectivity index (χ3v) is 2.50. The minimum absolute atomic E-state index is 0.388. The maximum Gasteiger partial charge on any atom is 0.169 e. The molecule has 0 saturated carbocycles. The minimum atomic E-state index is 0.388. The van der Waals surface area contributed by atoms with Crippen LogP contribution in [0.25, 0.3) is 11.1 Å². The number of pyridine rings is 1. The summed E-state index contributed by atoms with van der Waals surface area (Å²) in [6.45, 7) is 1.91. The molecule has 0 aliphatic carbocycles. The van der Waals surface area contributed by atoms with Crippen LogP contribution in [0.4, 0.5) is 0 Å². The maximum absolute atomic E-state index is 10.9. The Morgan fingerprint density at radius 3 is 2.65 bits per heavy atom. The molecule has 0 N–H and O–H groups in total. The van der Waals surface area contributed by atoms with Crippen LogP contribution in [0.2, 0.25) is 0 Å². The van der Waals surface area contributed by atoms with Gasteiger partial charge in [0.1, 0.15) is 12.0 Å². The van der Waals surface area contributed by atoms with Gasteiger partial charge in [-0.3, -0.25) is 14.6 Å². The van der Waals surface area contributed by atoms with Crippen LogP contribution >= 0.6 is 0 Å². The lowest BCUT2D eigenvalue weighted by atomic mass is 10.0. The molecule has 0 aliphatic rings. The predicted molar refractivity (Wildman–Crippen MR) is 65.2 cm³/mol. The Morgan fingerprint density at radius 2 is 1.94 bits per heavy atom. The van der Waals surface area contributed by atoms with Crippen LogP contribution in [0.15, 0.2) is 36.5 Å². The van der Waals surface area contributed by atoms with E-state index in [0.717, 1.165) is 29.3 Å². The summed E-state index contributed by atoms with van der Waals surface area (Å²) in [6, 6.07) is 9.00. The summed E-state index contributed by atoms with van der Waals surface area (Å²) in [5, 5.41) is 0. The third kappa shape index (κ3) is 2.28. The van der Waals surface area contributed by atoms with Crippen molar-refractivity contribution in [2.75, 3.05) is 0 Å². The largest absolute Gasteiger partial charge is 0.298 e. The average molecular weight is 225 g/mol. The molecular formula is C14H11NO2. The molecule has 0 radical (unpaired) electrons. The highest BCUT2D eigenvalue weighted by Crippen LogP contribution is 2.23. The predicted octanol–water partition coefficient (Wildman–Crippen LogP) is 2.68. The quantitative estimate of drug-likeness (QED) is 0.754. The van der Waals surface area contributed by atoms with Gasteiger partial charge in [-0.25, -0.2) is 0 Å². The minimum Gasteiger partial charge on any atom is -0.298 e. The Morgan fingerprint density at radius 1 is 1.12 bits per heavy atom. The molecule has 0 atom stereocenters. The van der Waals surface area contributed by atoms with E-state index in [1.54, 1.807) is 24.4 Å². The Bertz CT molecular complexity index is 576. The first-order chi connectivity index (χ1) is 8.24. The van der Waals surface area contributed by atoms with Crippen molar-refractivity contribution >= 4 is 12.6 Å². The monoisotopic (exact) mass is 225 g/mol. The van der Waals surface area contributed by atoms with Crippen molar-refractivity contribution in [1.82, 2.24) is 4.98 Å². The summed E-state index contributed by atoms with van der Waals surface area (Å²) in [5.41, 5.74) is 3.53. The molecule has 84 valence electrons. The molecular weight excluding hydrogens is 214 g/mol. The van der Waals surface area contributed by atoms with Gasteiger partial charge in [0.25, 0.3) is 0 Å². The van der Waals surface area contributed by atoms with E-state index in [9.17, 15) is 9.59 Å². The van der Waals surface area contributed by atoms with Crippen molar-refractivity contribution in [3.05, 3.63) is 53.3 Å². The summed E-state index contributed by atoms with van der Waals surface area (Å²) in [4.78, 5) is 25.7. The molecule has 0 spiro atoms. The first kappa shape index (κ1) is 11.2. The zero-order valence-electron chi connectivity index (χ0n) is 9.38. The third-order valence-electron chi connectivity index (χ3n) is 2.50. The van der Waals surface area contributed by atoms with E-state index in [1.165, 1.54) is 0 Å². The summed E-state index contributed by atoms with van der Waals surface area (Å²) in [6.07, 6.45) is 3.16. The van der Waals surface area contributed by atoms with Crippen molar-refractivity contribution < 1.29 is 9.59 Å². The number of nitrogens with zero attached hydrogens (tertiary/aromatic N) is 1. The molecule has 0 unspecified atom stereocenters. The summed E-state index contributed by atoms with van der Waals surface area (Å²) < 4.78 is 0. The van der Waals surface area contributed by atoms with E-state index in [4.69, 9.17) is 0 Å². The molecule has 2 rings (SSSR count). The van der Waals surface area contributed by atoms with Crippen LogP contribution in [0.1, 0.15) is 26.4 Å². The van der Waals surface area contributed by atoms with Gasteiger partial charge in [0.05, 0.1) is 0 Å². The molecule has 0 amide bonds. The van der Waals surface area contributed by atoms with Crippen LogP contribution in [0.3, 0.4) is 0 Å². The van der Waals surface area contributed by atoms with E-state index < -0.39 is 0 Å². The van der Waals surface area contributed by atoms with E-state index in [0.29, 0.717) is 11.3 Å². The molecule has 3 heteroatoms. The maximum atomic E-state index is 10.9. The smallest absolute Gasteiger partial charge is 0.169 e. The van der Waals surface area contributed by atoms with Crippen LogP contribution in [0.5, 0.6) is 0 Å². The van der Waals surface area contributed by atoms with Gasteiger partial charge in [0, 0.05) is 17.3 Å². The molecule has 0 aliphatic heterocycles. The molecule has 1 aromatic heterocycles. The molecule has 1 heterocycles. The van der Waals surface area contributed by atoms with Crippen LogP contribution in [0, 0.1) is 6.92 Å². The van der Waals surface area contributed by atoms with Crippen molar-refractivity contribution in [3.8, 4) is 11.1 Å². The van der Waals surface area contributed by atoms with Gasteiger partial charge in [-0.05, 0) is 30.2 Å². The van der Waals surface area contributed by atoms with Gasteiger partial charge in [-0.1, -0.05) is 18.2 Å². The zero-order valence-corrected chi connectivity index (χ0v) is 9.38. The number of benzene rings is 1. The van der Waals surface area contributed by atoms with Crippen molar-refractivity contribution in [1.29, 1.82) is 0 Å².